The largest absolute Gasteiger partial charge is 0.628 e. The molecule has 0 fully saturated rings. The van der Waals surface area contributed by atoms with Gasteiger partial charge in [-0.3, -0.25) is 0 Å². The molecule has 0 bridgehead atoms. The molecule has 0 saturated carbocycles. The van der Waals surface area contributed by atoms with Gasteiger partial charge in [-0.05, 0) is 36.8 Å². The van der Waals surface area contributed by atoms with E-state index >= 15 is 0 Å². The number of rotatable bonds is 8. The smallest absolute Gasteiger partial charge is 0.132 e. The van der Waals surface area contributed by atoms with Crippen LogP contribution in [0.5, 0.6) is 0 Å². The van der Waals surface area contributed by atoms with E-state index in [1.807, 2.05) is 24.3 Å². The van der Waals surface area contributed by atoms with E-state index in [0.717, 1.165) is 18.7 Å². The lowest BCUT2D eigenvalue weighted by Crippen LogP contribution is -2.96. The molecular weight excluding hydrogens is 344 g/mol. The second kappa shape index (κ2) is 9.45. The first-order valence-electron chi connectivity index (χ1n) is 7.93. The summed E-state index contributed by atoms with van der Waals surface area (Å²) in [5.41, 5.74) is 2.02. The number of aliphatic hydroxyl groups is 1. The summed E-state index contributed by atoms with van der Waals surface area (Å²) in [5.74, 6) is 0. The van der Waals surface area contributed by atoms with Crippen LogP contribution < -0.4 is 10.1 Å². The zero-order valence-corrected chi connectivity index (χ0v) is 14.6. The van der Waals surface area contributed by atoms with Crippen LogP contribution in [0.15, 0.2) is 52.7 Å². The zero-order valence-electron chi connectivity index (χ0n) is 13.9. The molecule has 0 aliphatic rings. The third kappa shape index (κ3) is 5.48. The molecule has 2 aromatic carbocycles. The maximum absolute atomic E-state index is 10.8. The monoisotopic (exact) mass is 363 g/mol. The number of azo groups is 1. The Labute approximate surface area is 151 Å². The molecule has 0 heterocycles. The van der Waals surface area contributed by atoms with E-state index in [4.69, 9.17) is 16.7 Å². The Morgan fingerprint density at radius 1 is 1.08 bits per heavy atom. The van der Waals surface area contributed by atoms with Crippen LogP contribution in [-0.2, 0) is 0 Å². The van der Waals surface area contributed by atoms with E-state index in [1.165, 1.54) is 18.2 Å². The number of nitrogens with one attached hydrogen (secondary N) is 1. The molecule has 0 amide bonds. The fourth-order valence-electron chi connectivity index (χ4n) is 2.32. The van der Waals surface area contributed by atoms with Crippen molar-refractivity contribution in [1.82, 2.24) is 0 Å². The molecule has 134 valence electrons. The molecule has 8 heteroatoms. The third-order valence-corrected chi connectivity index (χ3v) is 3.84. The number of halogens is 1. The number of hydrogen-bond donors (Lipinski definition) is 2. The van der Waals surface area contributed by atoms with Crippen LogP contribution in [0.1, 0.15) is 13.3 Å². The second-order valence-corrected chi connectivity index (χ2v) is 5.79. The zero-order chi connectivity index (χ0) is 18.2. The van der Waals surface area contributed by atoms with Crippen molar-refractivity contribution in [2.75, 3.05) is 24.6 Å². The second-order valence-electron chi connectivity index (χ2n) is 5.38. The van der Waals surface area contributed by atoms with Crippen LogP contribution in [-0.4, -0.2) is 24.8 Å². The van der Waals surface area contributed by atoms with Crippen LogP contribution >= 0.6 is 11.6 Å². The summed E-state index contributed by atoms with van der Waals surface area (Å²) < 4.78 is 0. The molecule has 0 aliphatic carbocycles. The predicted molar refractivity (Wildman–Crippen MR) is 99.0 cm³/mol. The first kappa shape index (κ1) is 19.3. The predicted octanol–water partition coefficient (Wildman–Crippen LogP) is 3.48. The van der Waals surface area contributed by atoms with Gasteiger partial charge in [0.2, 0.25) is 0 Å². The first-order chi connectivity index (χ1) is 12.0. The number of nitrogens with zero attached hydrogens (tertiary/aromatic N) is 3. The van der Waals surface area contributed by atoms with Gasteiger partial charge in [0.05, 0.1) is 17.3 Å². The van der Waals surface area contributed by atoms with E-state index in [2.05, 4.69) is 22.1 Å². The Morgan fingerprint density at radius 2 is 1.80 bits per heavy atom. The summed E-state index contributed by atoms with van der Waals surface area (Å²) >= 11 is 6.00. The molecular formula is C17H20ClN4O3-. The number of hydrogen-bond acceptors (Lipinski definition) is 6. The fourth-order valence-corrected chi connectivity index (χ4v) is 2.54. The topological polar surface area (TPSA) is 98.8 Å². The number of aliphatic hydroxyl groups excluding tert-OH is 1. The summed E-state index contributed by atoms with van der Waals surface area (Å²) in [7, 11) is 0. The van der Waals surface area contributed by atoms with Crippen molar-refractivity contribution < 1.29 is 10.3 Å². The Kier molecular flexibility index (Phi) is 7.30. The molecule has 0 saturated heterocycles. The van der Waals surface area contributed by atoms with Gasteiger partial charge in [-0.2, -0.15) is 5.11 Å². The minimum atomic E-state index is -1.29. The standard InChI is InChI=1S/C17H20ClN4O3/c1-2-9-21(10-11-23)14-5-3-13(4-6-14)19-20-17-8-7-15(22(24)25)12-16(17)18/h3-8,12,22-23H,2,9-11H2,1H3/q-1. The van der Waals surface area contributed by atoms with Crippen molar-refractivity contribution in [2.45, 2.75) is 13.3 Å². The normalized spacial score (nSPS) is 11.4. The van der Waals surface area contributed by atoms with Crippen molar-refractivity contribution in [3.05, 3.63) is 57.9 Å². The van der Waals surface area contributed by atoms with Gasteiger partial charge >= 0.3 is 0 Å². The SMILES string of the molecule is CCCN(CCO)c1ccc(N=Nc2ccc([NH+]([O-])[O-])cc2Cl)cc1. The molecule has 0 aliphatic heterocycles. The number of benzene rings is 2. The van der Waals surface area contributed by atoms with Crippen LogP contribution in [0, 0.1) is 10.4 Å². The molecule has 0 radical (unpaired) electrons. The van der Waals surface area contributed by atoms with Gasteiger partial charge in [-0.25, -0.2) is 0 Å². The molecule has 0 atom stereocenters. The van der Waals surface area contributed by atoms with Gasteiger partial charge in [0, 0.05) is 30.9 Å². The number of anilines is 1. The van der Waals surface area contributed by atoms with Gasteiger partial charge in [0.25, 0.3) is 0 Å². The number of quaternary nitrogens is 1. The minimum absolute atomic E-state index is 0.00629. The molecule has 2 rings (SSSR count). The summed E-state index contributed by atoms with van der Waals surface area (Å²) in [6, 6.07) is 11.6. The quantitative estimate of drug-likeness (QED) is 0.554. The maximum atomic E-state index is 10.8. The summed E-state index contributed by atoms with van der Waals surface area (Å²) in [6.45, 7) is 3.63. The summed E-state index contributed by atoms with van der Waals surface area (Å²) in [5, 5.41) is 37.8. The summed E-state index contributed by atoms with van der Waals surface area (Å²) in [6.07, 6.45) is 0.988. The highest BCUT2D eigenvalue weighted by atomic mass is 35.5. The van der Waals surface area contributed by atoms with Crippen molar-refractivity contribution in [3.63, 3.8) is 0 Å². The minimum Gasteiger partial charge on any atom is -0.628 e. The van der Waals surface area contributed by atoms with E-state index in [-0.39, 0.29) is 17.3 Å². The average Bonchev–Trinajstić information content (AvgIpc) is 2.61. The van der Waals surface area contributed by atoms with Crippen molar-refractivity contribution >= 4 is 34.4 Å². The van der Waals surface area contributed by atoms with E-state index in [0.29, 0.717) is 17.9 Å². The Bertz CT molecular complexity index is 702. The maximum Gasteiger partial charge on any atom is 0.132 e. The molecule has 0 unspecified atom stereocenters. The molecule has 7 nitrogen and oxygen atoms in total. The van der Waals surface area contributed by atoms with E-state index in [1.54, 1.807) is 0 Å². The van der Waals surface area contributed by atoms with E-state index < -0.39 is 5.23 Å². The van der Waals surface area contributed by atoms with Crippen LogP contribution in [0.25, 0.3) is 0 Å². The highest BCUT2D eigenvalue weighted by molar-refractivity contribution is 6.33. The first-order valence-corrected chi connectivity index (χ1v) is 8.31. The lowest BCUT2D eigenvalue weighted by Gasteiger charge is -2.24. The Balaban J connectivity index is 2.11. The fraction of sp³-hybridized carbons (Fsp3) is 0.294. The molecule has 2 aromatic rings. The Hall–Kier alpha value is -2.03. The summed E-state index contributed by atoms with van der Waals surface area (Å²) in [4.78, 5) is 2.09. The van der Waals surface area contributed by atoms with Crippen LogP contribution in [0.2, 0.25) is 5.02 Å². The van der Waals surface area contributed by atoms with Crippen LogP contribution in [0.3, 0.4) is 0 Å². The Morgan fingerprint density at radius 3 is 2.36 bits per heavy atom. The van der Waals surface area contributed by atoms with Gasteiger partial charge in [0.1, 0.15) is 11.4 Å². The van der Waals surface area contributed by atoms with Crippen molar-refractivity contribution in [1.29, 1.82) is 0 Å². The van der Waals surface area contributed by atoms with Crippen molar-refractivity contribution in [3.8, 4) is 0 Å². The molecule has 0 aromatic heterocycles. The molecule has 2 N–H and O–H groups in total. The lowest BCUT2D eigenvalue weighted by atomic mass is 10.2. The highest BCUT2D eigenvalue weighted by Crippen LogP contribution is 2.29. The highest BCUT2D eigenvalue weighted by Gasteiger charge is 2.05. The van der Waals surface area contributed by atoms with Crippen LogP contribution in [0.4, 0.5) is 22.7 Å². The molecule has 0 spiro atoms. The average molecular weight is 364 g/mol. The van der Waals surface area contributed by atoms with Gasteiger partial charge < -0.3 is 25.6 Å². The molecule has 25 heavy (non-hydrogen) atoms. The van der Waals surface area contributed by atoms with Gasteiger partial charge in [0.15, 0.2) is 0 Å². The van der Waals surface area contributed by atoms with Gasteiger partial charge in [-0.1, -0.05) is 18.5 Å². The lowest BCUT2D eigenvalue weighted by molar-refractivity contribution is -0.715. The van der Waals surface area contributed by atoms with Crippen molar-refractivity contribution in [2.24, 2.45) is 10.2 Å². The van der Waals surface area contributed by atoms with E-state index in [9.17, 15) is 10.4 Å². The third-order valence-electron chi connectivity index (χ3n) is 3.53. The van der Waals surface area contributed by atoms with Gasteiger partial charge in [-0.15, -0.1) is 5.11 Å².